The van der Waals surface area contributed by atoms with Crippen LogP contribution in [0.5, 0.6) is 5.75 Å². The Hall–Kier alpha value is -1.28. The largest absolute Gasteiger partial charge is 0.497 e. The predicted molar refractivity (Wildman–Crippen MR) is 109 cm³/mol. The molecule has 126 valence electrons. The number of aliphatic imine (C=N–C) groups is 1. The number of nitrogens with zero attached hydrogens (tertiary/aromatic N) is 1. The summed E-state index contributed by atoms with van der Waals surface area (Å²) in [7, 11) is 1.67. The molecule has 0 amide bonds. The molecule has 0 saturated carbocycles. The van der Waals surface area contributed by atoms with Gasteiger partial charge in [0.05, 0.1) is 20.2 Å². The number of hydrogen-bond acceptors (Lipinski definition) is 3. The third-order valence-electron chi connectivity index (χ3n) is 3.15. The SMILES string of the molecule is CCNC(=NCc1ccc(OC)cc1)NCc1ccc(C)s1.I. The van der Waals surface area contributed by atoms with Crippen molar-refractivity contribution in [3.05, 3.63) is 51.7 Å². The Morgan fingerprint density at radius 3 is 2.43 bits per heavy atom. The van der Waals surface area contributed by atoms with Gasteiger partial charge in [0.15, 0.2) is 5.96 Å². The van der Waals surface area contributed by atoms with Crippen molar-refractivity contribution in [3.8, 4) is 5.75 Å². The van der Waals surface area contributed by atoms with E-state index in [2.05, 4.69) is 41.6 Å². The van der Waals surface area contributed by atoms with E-state index in [-0.39, 0.29) is 24.0 Å². The highest BCUT2D eigenvalue weighted by atomic mass is 127. The fourth-order valence-corrected chi connectivity index (χ4v) is 2.82. The molecule has 2 aromatic rings. The third-order valence-corrected chi connectivity index (χ3v) is 4.15. The Bertz CT molecular complexity index is 611. The van der Waals surface area contributed by atoms with Crippen LogP contribution in [0.25, 0.3) is 0 Å². The minimum Gasteiger partial charge on any atom is -0.497 e. The molecule has 0 saturated heterocycles. The zero-order chi connectivity index (χ0) is 15.8. The average Bonchev–Trinajstić information content (AvgIpc) is 2.96. The van der Waals surface area contributed by atoms with E-state index in [0.717, 1.165) is 30.4 Å². The molecule has 0 unspecified atom stereocenters. The zero-order valence-electron chi connectivity index (χ0n) is 13.8. The number of guanidine groups is 1. The minimum absolute atomic E-state index is 0. The fourth-order valence-electron chi connectivity index (χ4n) is 1.99. The lowest BCUT2D eigenvalue weighted by Crippen LogP contribution is -2.36. The maximum Gasteiger partial charge on any atom is 0.191 e. The van der Waals surface area contributed by atoms with Gasteiger partial charge in [0.1, 0.15) is 5.75 Å². The van der Waals surface area contributed by atoms with E-state index in [4.69, 9.17) is 4.74 Å². The van der Waals surface area contributed by atoms with Crippen LogP contribution in [-0.4, -0.2) is 19.6 Å². The van der Waals surface area contributed by atoms with Crippen LogP contribution < -0.4 is 15.4 Å². The lowest BCUT2D eigenvalue weighted by atomic mass is 10.2. The number of aryl methyl sites for hydroxylation is 1. The number of ether oxygens (including phenoxy) is 1. The van der Waals surface area contributed by atoms with Gasteiger partial charge < -0.3 is 15.4 Å². The van der Waals surface area contributed by atoms with Crippen molar-refractivity contribution in [2.24, 2.45) is 4.99 Å². The van der Waals surface area contributed by atoms with Crippen molar-refractivity contribution < 1.29 is 4.74 Å². The van der Waals surface area contributed by atoms with Crippen LogP contribution in [0.1, 0.15) is 22.2 Å². The summed E-state index contributed by atoms with van der Waals surface area (Å²) < 4.78 is 5.16. The van der Waals surface area contributed by atoms with E-state index in [9.17, 15) is 0 Å². The Balaban J connectivity index is 0.00000264. The van der Waals surface area contributed by atoms with Gasteiger partial charge in [0.25, 0.3) is 0 Å². The maximum atomic E-state index is 5.16. The summed E-state index contributed by atoms with van der Waals surface area (Å²) in [6.07, 6.45) is 0. The first-order valence-corrected chi connectivity index (χ1v) is 8.23. The van der Waals surface area contributed by atoms with Gasteiger partial charge in [-0.1, -0.05) is 12.1 Å². The predicted octanol–water partition coefficient (Wildman–Crippen LogP) is 3.94. The molecule has 0 aliphatic heterocycles. The molecule has 23 heavy (non-hydrogen) atoms. The Morgan fingerprint density at radius 2 is 1.87 bits per heavy atom. The summed E-state index contributed by atoms with van der Waals surface area (Å²) in [5, 5.41) is 6.64. The van der Waals surface area contributed by atoms with Crippen LogP contribution in [0.3, 0.4) is 0 Å². The summed E-state index contributed by atoms with van der Waals surface area (Å²) >= 11 is 1.81. The van der Waals surface area contributed by atoms with E-state index in [1.54, 1.807) is 7.11 Å². The number of methoxy groups -OCH3 is 1. The molecule has 0 bridgehead atoms. The molecule has 4 nitrogen and oxygen atoms in total. The highest BCUT2D eigenvalue weighted by molar-refractivity contribution is 14.0. The molecule has 1 aromatic heterocycles. The van der Waals surface area contributed by atoms with Crippen LogP contribution in [0.15, 0.2) is 41.4 Å². The first-order valence-electron chi connectivity index (χ1n) is 7.41. The van der Waals surface area contributed by atoms with Crippen LogP contribution >= 0.6 is 35.3 Å². The van der Waals surface area contributed by atoms with Gasteiger partial charge in [-0.2, -0.15) is 0 Å². The van der Waals surface area contributed by atoms with Gasteiger partial charge in [-0.3, -0.25) is 0 Å². The Labute approximate surface area is 159 Å². The summed E-state index contributed by atoms with van der Waals surface area (Å²) in [6, 6.07) is 12.3. The summed E-state index contributed by atoms with van der Waals surface area (Å²) in [5.74, 6) is 1.70. The number of hydrogen-bond donors (Lipinski definition) is 2. The first-order chi connectivity index (χ1) is 10.7. The molecule has 1 aromatic carbocycles. The fraction of sp³-hybridized carbons (Fsp3) is 0.353. The molecule has 2 rings (SSSR count). The van der Waals surface area contributed by atoms with Gasteiger partial charge in [-0.25, -0.2) is 4.99 Å². The van der Waals surface area contributed by atoms with Crippen molar-refractivity contribution in [2.45, 2.75) is 26.9 Å². The van der Waals surface area contributed by atoms with Crippen LogP contribution in [0, 0.1) is 6.92 Å². The minimum atomic E-state index is 0. The number of thiophene rings is 1. The second kappa shape index (κ2) is 10.5. The monoisotopic (exact) mass is 445 g/mol. The van der Waals surface area contributed by atoms with Crippen molar-refractivity contribution in [1.82, 2.24) is 10.6 Å². The quantitative estimate of drug-likeness (QED) is 0.402. The zero-order valence-corrected chi connectivity index (χ0v) is 16.9. The first kappa shape index (κ1) is 19.8. The standard InChI is InChI=1S/C17H23N3OS.HI/c1-4-18-17(20-12-16-10-5-13(2)22-16)19-11-14-6-8-15(21-3)9-7-14;/h5-10H,4,11-12H2,1-3H3,(H2,18,19,20);1H. The lowest BCUT2D eigenvalue weighted by Gasteiger charge is -2.10. The summed E-state index contributed by atoms with van der Waals surface area (Å²) in [5.41, 5.74) is 1.16. The topological polar surface area (TPSA) is 45.7 Å². The number of rotatable bonds is 6. The smallest absolute Gasteiger partial charge is 0.191 e. The second-order valence-electron chi connectivity index (χ2n) is 4.91. The average molecular weight is 445 g/mol. The normalized spacial score (nSPS) is 10.8. The Kier molecular flexibility index (Phi) is 9.01. The van der Waals surface area contributed by atoms with E-state index >= 15 is 0 Å². The van der Waals surface area contributed by atoms with E-state index < -0.39 is 0 Å². The van der Waals surface area contributed by atoms with Crippen molar-refractivity contribution in [1.29, 1.82) is 0 Å². The molecule has 0 spiro atoms. The van der Waals surface area contributed by atoms with E-state index in [1.165, 1.54) is 9.75 Å². The Morgan fingerprint density at radius 1 is 1.13 bits per heavy atom. The molecule has 0 radical (unpaired) electrons. The van der Waals surface area contributed by atoms with Crippen LogP contribution in [0.2, 0.25) is 0 Å². The van der Waals surface area contributed by atoms with Crippen LogP contribution in [0.4, 0.5) is 0 Å². The molecule has 0 aliphatic rings. The van der Waals surface area contributed by atoms with E-state index in [0.29, 0.717) is 6.54 Å². The number of halogens is 1. The molecular weight excluding hydrogens is 421 g/mol. The highest BCUT2D eigenvalue weighted by Crippen LogP contribution is 2.14. The van der Waals surface area contributed by atoms with E-state index in [1.807, 2.05) is 35.6 Å². The number of benzene rings is 1. The molecule has 0 aliphatic carbocycles. The maximum absolute atomic E-state index is 5.16. The van der Waals surface area contributed by atoms with Gasteiger partial charge in [-0.05, 0) is 43.7 Å². The third kappa shape index (κ3) is 6.78. The second-order valence-corrected chi connectivity index (χ2v) is 6.28. The van der Waals surface area contributed by atoms with Crippen molar-refractivity contribution >= 4 is 41.3 Å². The molecular formula is C17H24IN3OS. The molecule has 6 heteroatoms. The van der Waals surface area contributed by atoms with Gasteiger partial charge in [-0.15, -0.1) is 35.3 Å². The van der Waals surface area contributed by atoms with Gasteiger partial charge >= 0.3 is 0 Å². The van der Waals surface area contributed by atoms with Crippen molar-refractivity contribution in [3.63, 3.8) is 0 Å². The summed E-state index contributed by atoms with van der Waals surface area (Å²) in [4.78, 5) is 7.26. The highest BCUT2D eigenvalue weighted by Gasteiger charge is 2.01. The molecule has 1 heterocycles. The molecule has 0 fully saturated rings. The van der Waals surface area contributed by atoms with Gasteiger partial charge in [0, 0.05) is 16.3 Å². The molecule has 0 atom stereocenters. The number of nitrogens with one attached hydrogen (secondary N) is 2. The van der Waals surface area contributed by atoms with Crippen molar-refractivity contribution in [2.75, 3.05) is 13.7 Å². The lowest BCUT2D eigenvalue weighted by molar-refractivity contribution is 0.414. The van der Waals surface area contributed by atoms with Crippen LogP contribution in [-0.2, 0) is 13.1 Å². The summed E-state index contributed by atoms with van der Waals surface area (Å²) in [6.45, 7) is 6.48. The van der Waals surface area contributed by atoms with Gasteiger partial charge in [0.2, 0.25) is 0 Å². The molecule has 2 N–H and O–H groups in total.